The summed E-state index contributed by atoms with van der Waals surface area (Å²) >= 11 is 9.30. The number of carbonyl (C=O) groups is 1. The maximum absolute atomic E-state index is 13.5. The van der Waals surface area contributed by atoms with Gasteiger partial charge in [-0.25, -0.2) is 14.2 Å². The molecule has 0 saturated heterocycles. The molecule has 106 valence electrons. The summed E-state index contributed by atoms with van der Waals surface area (Å²) in [5.74, 6) is -1.45. The average Bonchev–Trinajstić information content (AvgIpc) is 2.79. The van der Waals surface area contributed by atoms with Crippen molar-refractivity contribution >= 4 is 44.5 Å². The molecule has 0 unspecified atom stereocenters. The van der Waals surface area contributed by atoms with Gasteiger partial charge in [-0.2, -0.15) is 0 Å². The van der Waals surface area contributed by atoms with Crippen LogP contribution in [-0.4, -0.2) is 21.0 Å². The number of hydrogen-bond acceptors (Lipinski definition) is 2. The maximum atomic E-state index is 13.5. The summed E-state index contributed by atoms with van der Waals surface area (Å²) in [6.07, 6.45) is 0. The van der Waals surface area contributed by atoms with Crippen LogP contribution in [0, 0.1) is 5.82 Å². The highest BCUT2D eigenvalue weighted by atomic mass is 79.9. The minimum absolute atomic E-state index is 0.186. The van der Waals surface area contributed by atoms with E-state index in [2.05, 4.69) is 25.9 Å². The molecule has 21 heavy (non-hydrogen) atoms. The van der Waals surface area contributed by atoms with Gasteiger partial charge in [-0.1, -0.05) is 27.5 Å². The van der Waals surface area contributed by atoms with Crippen LogP contribution in [0.25, 0.3) is 22.4 Å². The number of benzene rings is 2. The van der Waals surface area contributed by atoms with Crippen LogP contribution in [-0.2, 0) is 0 Å². The van der Waals surface area contributed by atoms with Crippen molar-refractivity contribution in [1.29, 1.82) is 0 Å². The summed E-state index contributed by atoms with van der Waals surface area (Å²) in [7, 11) is 0. The van der Waals surface area contributed by atoms with Crippen LogP contribution in [0.5, 0.6) is 0 Å². The molecule has 0 radical (unpaired) electrons. The van der Waals surface area contributed by atoms with Gasteiger partial charge in [0.1, 0.15) is 17.2 Å². The normalized spacial score (nSPS) is 11.0. The molecule has 4 nitrogen and oxygen atoms in total. The molecule has 7 heteroatoms. The van der Waals surface area contributed by atoms with Crippen LogP contribution < -0.4 is 0 Å². The first-order chi connectivity index (χ1) is 9.94. The Bertz CT molecular complexity index is 859. The van der Waals surface area contributed by atoms with Gasteiger partial charge in [-0.3, -0.25) is 0 Å². The molecule has 1 heterocycles. The highest BCUT2D eigenvalue weighted by Crippen LogP contribution is 2.28. The van der Waals surface area contributed by atoms with Crippen molar-refractivity contribution in [2.45, 2.75) is 0 Å². The summed E-state index contributed by atoms with van der Waals surface area (Å²) in [4.78, 5) is 18.3. The van der Waals surface area contributed by atoms with E-state index in [1.807, 2.05) is 0 Å². The van der Waals surface area contributed by atoms with Crippen LogP contribution in [0.2, 0.25) is 5.02 Å². The number of aromatic nitrogens is 2. The number of hydrogen-bond donors (Lipinski definition) is 2. The number of fused-ring (bicyclic) bond motifs is 1. The number of carboxylic acids is 1. The number of aromatic carboxylic acids is 1. The second-order valence-electron chi connectivity index (χ2n) is 4.40. The third-order valence-corrected chi connectivity index (χ3v) is 3.59. The molecule has 0 atom stereocenters. The minimum atomic E-state index is -1.23. The van der Waals surface area contributed by atoms with Gasteiger partial charge in [-0.05, 0) is 30.3 Å². The Kier molecular flexibility index (Phi) is 3.43. The maximum Gasteiger partial charge on any atom is 0.338 e. The Morgan fingerprint density at radius 2 is 2.05 bits per heavy atom. The molecule has 0 spiro atoms. The lowest BCUT2D eigenvalue weighted by Crippen LogP contribution is -1.98. The third kappa shape index (κ3) is 2.64. The highest BCUT2D eigenvalue weighted by molar-refractivity contribution is 9.10. The molecule has 0 aliphatic rings. The standard InChI is InChI=1S/C14H7BrClFN2O2/c15-7-1-6(2-8(16)3-7)13-18-11-5-9(17)4-10(14(20)21)12(11)19-13/h1-5H,(H,18,19)(H,20,21). The number of imidazole rings is 1. The van der Waals surface area contributed by atoms with Crippen molar-refractivity contribution in [1.82, 2.24) is 9.97 Å². The lowest BCUT2D eigenvalue weighted by molar-refractivity contribution is 0.0698. The largest absolute Gasteiger partial charge is 0.478 e. The van der Waals surface area contributed by atoms with Gasteiger partial charge in [0.05, 0.1) is 11.1 Å². The van der Waals surface area contributed by atoms with Crippen molar-refractivity contribution in [3.63, 3.8) is 0 Å². The predicted molar refractivity (Wildman–Crippen MR) is 81.2 cm³/mol. The molecule has 0 aliphatic heterocycles. The average molecular weight is 370 g/mol. The van der Waals surface area contributed by atoms with Gasteiger partial charge in [0.2, 0.25) is 0 Å². The van der Waals surface area contributed by atoms with Crippen LogP contribution >= 0.6 is 27.5 Å². The van der Waals surface area contributed by atoms with Gasteiger partial charge in [0, 0.05) is 15.1 Å². The molecule has 0 saturated carbocycles. The minimum Gasteiger partial charge on any atom is -0.478 e. The fraction of sp³-hybridized carbons (Fsp3) is 0. The second-order valence-corrected chi connectivity index (χ2v) is 5.75. The van der Waals surface area contributed by atoms with Gasteiger partial charge < -0.3 is 10.1 Å². The SMILES string of the molecule is O=C(O)c1cc(F)cc2[nH]c(-c3cc(Cl)cc(Br)c3)nc12. The molecule has 0 amide bonds. The van der Waals surface area contributed by atoms with Crippen molar-refractivity contribution in [2.24, 2.45) is 0 Å². The molecule has 2 N–H and O–H groups in total. The number of H-pyrrole nitrogens is 1. The summed E-state index contributed by atoms with van der Waals surface area (Å²) in [5, 5.41) is 9.63. The van der Waals surface area contributed by atoms with Crippen LogP contribution in [0.4, 0.5) is 4.39 Å². The third-order valence-electron chi connectivity index (χ3n) is 2.92. The number of nitrogens with zero attached hydrogens (tertiary/aromatic N) is 1. The Labute approximate surface area is 131 Å². The monoisotopic (exact) mass is 368 g/mol. The van der Waals surface area contributed by atoms with Gasteiger partial charge in [0.25, 0.3) is 0 Å². The molecule has 1 aromatic heterocycles. The fourth-order valence-corrected chi connectivity index (χ4v) is 2.93. The van der Waals surface area contributed by atoms with E-state index in [1.54, 1.807) is 18.2 Å². The van der Waals surface area contributed by atoms with E-state index in [1.165, 1.54) is 6.07 Å². The van der Waals surface area contributed by atoms with E-state index in [4.69, 9.17) is 16.7 Å². The van der Waals surface area contributed by atoms with Crippen LogP contribution in [0.15, 0.2) is 34.8 Å². The van der Waals surface area contributed by atoms with Crippen molar-refractivity contribution in [3.8, 4) is 11.4 Å². The summed E-state index contributed by atoms with van der Waals surface area (Å²) in [6.45, 7) is 0. The zero-order valence-electron chi connectivity index (χ0n) is 10.3. The Morgan fingerprint density at radius 3 is 2.71 bits per heavy atom. The van der Waals surface area contributed by atoms with Crippen LogP contribution in [0.3, 0.4) is 0 Å². The summed E-state index contributed by atoms with van der Waals surface area (Å²) < 4.78 is 14.2. The van der Waals surface area contributed by atoms with E-state index in [-0.39, 0.29) is 11.1 Å². The van der Waals surface area contributed by atoms with E-state index >= 15 is 0 Å². The molecular weight excluding hydrogens is 363 g/mol. The fourth-order valence-electron chi connectivity index (χ4n) is 2.07. The van der Waals surface area contributed by atoms with E-state index in [9.17, 15) is 9.18 Å². The number of carboxylic acid groups (broad SMARTS) is 1. The van der Waals surface area contributed by atoms with E-state index in [0.29, 0.717) is 21.9 Å². The van der Waals surface area contributed by atoms with E-state index in [0.717, 1.165) is 10.5 Å². The first-order valence-electron chi connectivity index (χ1n) is 5.83. The second kappa shape index (κ2) is 5.13. The molecule has 0 aliphatic carbocycles. The quantitative estimate of drug-likeness (QED) is 0.700. The number of rotatable bonds is 2. The molecule has 2 aromatic carbocycles. The Morgan fingerprint density at radius 1 is 1.29 bits per heavy atom. The molecule has 3 aromatic rings. The van der Waals surface area contributed by atoms with Crippen molar-refractivity contribution < 1.29 is 14.3 Å². The number of nitrogens with one attached hydrogen (secondary N) is 1. The molecule has 0 bridgehead atoms. The zero-order valence-corrected chi connectivity index (χ0v) is 12.7. The predicted octanol–water partition coefficient (Wildman–Crippen LogP) is 4.48. The topological polar surface area (TPSA) is 66.0 Å². The zero-order chi connectivity index (χ0) is 15.1. The molecule has 3 rings (SSSR count). The Balaban J connectivity index is 2.26. The first kappa shape index (κ1) is 14.0. The van der Waals surface area contributed by atoms with Gasteiger partial charge in [-0.15, -0.1) is 0 Å². The number of halogens is 3. The Hall–Kier alpha value is -1.92. The summed E-state index contributed by atoms with van der Waals surface area (Å²) in [5.41, 5.74) is 1.00. The number of aromatic amines is 1. The molecular formula is C14H7BrClFN2O2. The lowest BCUT2D eigenvalue weighted by Gasteiger charge is -1.99. The highest BCUT2D eigenvalue weighted by Gasteiger charge is 2.16. The van der Waals surface area contributed by atoms with Crippen LogP contribution in [0.1, 0.15) is 10.4 Å². The van der Waals surface area contributed by atoms with Crippen molar-refractivity contribution in [2.75, 3.05) is 0 Å². The van der Waals surface area contributed by atoms with Gasteiger partial charge in [0.15, 0.2) is 0 Å². The lowest BCUT2D eigenvalue weighted by atomic mass is 10.2. The van der Waals surface area contributed by atoms with Gasteiger partial charge >= 0.3 is 5.97 Å². The van der Waals surface area contributed by atoms with E-state index < -0.39 is 11.8 Å². The molecule has 0 fully saturated rings. The smallest absolute Gasteiger partial charge is 0.338 e. The van der Waals surface area contributed by atoms with Crippen molar-refractivity contribution in [3.05, 3.63) is 51.2 Å². The summed E-state index contributed by atoms with van der Waals surface area (Å²) in [6, 6.07) is 7.33. The first-order valence-corrected chi connectivity index (χ1v) is 7.00.